The molecule has 138 valence electrons. The number of nitrogens with one attached hydrogen (secondary N) is 1. The zero-order valence-corrected chi connectivity index (χ0v) is 15.8. The Labute approximate surface area is 153 Å². The third kappa shape index (κ3) is 7.04. The highest BCUT2D eigenvalue weighted by Gasteiger charge is 2.21. The van der Waals surface area contributed by atoms with Gasteiger partial charge in [-0.05, 0) is 50.4 Å². The lowest BCUT2D eigenvalue weighted by atomic mass is 10.0. The molecule has 1 unspecified atom stereocenters. The lowest BCUT2D eigenvalue weighted by Gasteiger charge is -2.24. The molecule has 1 N–H and O–H groups in total. The summed E-state index contributed by atoms with van der Waals surface area (Å²) < 4.78 is 6.82. The van der Waals surface area contributed by atoms with Crippen LogP contribution in [0.2, 0.25) is 0 Å². The van der Waals surface area contributed by atoms with E-state index in [0.29, 0.717) is 13.0 Å². The second-order valence-corrected chi connectivity index (χ2v) is 7.43. The normalized spacial score (nSPS) is 19.1. The zero-order valence-electron chi connectivity index (χ0n) is 15.0. The van der Waals surface area contributed by atoms with Crippen molar-refractivity contribution in [2.75, 3.05) is 19.7 Å². The highest BCUT2D eigenvalue weighted by molar-refractivity contribution is 8.14. The minimum atomic E-state index is -0.132. The van der Waals surface area contributed by atoms with E-state index in [0.717, 1.165) is 44.6 Å². The average Bonchev–Trinajstić information content (AvgIpc) is 3.01. The topological polar surface area (TPSA) is 73.2 Å². The maximum absolute atomic E-state index is 11.4. The summed E-state index contributed by atoms with van der Waals surface area (Å²) in [6, 6.07) is 1.99. The highest BCUT2D eigenvalue weighted by Crippen LogP contribution is 2.26. The zero-order chi connectivity index (χ0) is 18.1. The summed E-state index contributed by atoms with van der Waals surface area (Å²) in [5.41, 5.74) is 2.14. The smallest absolute Gasteiger partial charge is 0.305 e. The Balaban J connectivity index is 1.85. The van der Waals surface area contributed by atoms with Crippen LogP contribution in [0.1, 0.15) is 45.2 Å². The van der Waals surface area contributed by atoms with Gasteiger partial charge in [-0.2, -0.15) is 5.10 Å². The standard InChI is InChI=1S/C18H27N3O3S/c1-3-24-18(23)6-4-5-10-21-11-8-16(20-21)12-15-13-19-9-7-17(15)25-14(2)22/h8,11-12,17,19H,3-7,9-10,13H2,1-2H3. The van der Waals surface area contributed by atoms with Crippen molar-refractivity contribution in [3.8, 4) is 0 Å². The first-order valence-corrected chi connectivity index (χ1v) is 9.74. The van der Waals surface area contributed by atoms with Crippen molar-refractivity contribution in [1.29, 1.82) is 0 Å². The quantitative estimate of drug-likeness (QED) is 0.564. The van der Waals surface area contributed by atoms with Crippen LogP contribution in [0.4, 0.5) is 0 Å². The molecule has 0 saturated carbocycles. The van der Waals surface area contributed by atoms with Gasteiger partial charge in [-0.3, -0.25) is 14.3 Å². The van der Waals surface area contributed by atoms with Crippen LogP contribution in [0.15, 0.2) is 17.8 Å². The second-order valence-electron chi connectivity index (χ2n) is 6.05. The molecule has 6 nitrogen and oxygen atoms in total. The van der Waals surface area contributed by atoms with Crippen molar-refractivity contribution < 1.29 is 14.3 Å². The number of aryl methyl sites for hydroxylation is 1. The summed E-state index contributed by atoms with van der Waals surface area (Å²) in [7, 11) is 0. The van der Waals surface area contributed by atoms with Crippen molar-refractivity contribution in [2.24, 2.45) is 0 Å². The maximum Gasteiger partial charge on any atom is 0.305 e. The highest BCUT2D eigenvalue weighted by atomic mass is 32.2. The Morgan fingerprint density at radius 2 is 2.32 bits per heavy atom. The minimum absolute atomic E-state index is 0.132. The van der Waals surface area contributed by atoms with Gasteiger partial charge in [-0.25, -0.2) is 0 Å². The molecule has 1 saturated heterocycles. The SMILES string of the molecule is CCOC(=O)CCCCn1ccc(C=C2CNCCC2SC(C)=O)n1. The van der Waals surface area contributed by atoms with Crippen LogP contribution < -0.4 is 5.32 Å². The molecular formula is C18H27N3O3S. The summed E-state index contributed by atoms with van der Waals surface area (Å²) in [6.07, 6.45) is 7.16. The van der Waals surface area contributed by atoms with Gasteiger partial charge in [0, 0.05) is 37.9 Å². The summed E-state index contributed by atoms with van der Waals surface area (Å²) in [5.74, 6) is -0.132. The fourth-order valence-electron chi connectivity index (χ4n) is 2.79. The van der Waals surface area contributed by atoms with Crippen LogP contribution in [-0.2, 0) is 20.9 Å². The number of hydrogen-bond donors (Lipinski definition) is 1. The molecule has 0 bridgehead atoms. The first-order chi connectivity index (χ1) is 12.1. The first-order valence-electron chi connectivity index (χ1n) is 8.86. The Morgan fingerprint density at radius 3 is 3.08 bits per heavy atom. The van der Waals surface area contributed by atoms with Crippen LogP contribution in [0.25, 0.3) is 6.08 Å². The molecule has 0 amide bonds. The fraction of sp³-hybridized carbons (Fsp3) is 0.611. The van der Waals surface area contributed by atoms with Gasteiger partial charge < -0.3 is 10.1 Å². The van der Waals surface area contributed by atoms with Crippen LogP contribution in [0.3, 0.4) is 0 Å². The van der Waals surface area contributed by atoms with Gasteiger partial charge >= 0.3 is 5.97 Å². The van der Waals surface area contributed by atoms with Crippen molar-refractivity contribution in [1.82, 2.24) is 15.1 Å². The number of carbonyl (C=O) groups excluding carboxylic acids is 2. The molecular weight excluding hydrogens is 338 g/mol. The Bertz CT molecular complexity index is 612. The molecule has 1 atom stereocenters. The van der Waals surface area contributed by atoms with E-state index in [-0.39, 0.29) is 16.3 Å². The number of unbranched alkanes of at least 4 members (excludes halogenated alkanes) is 1. The summed E-state index contributed by atoms with van der Waals surface area (Å²) in [5, 5.41) is 8.33. The maximum atomic E-state index is 11.4. The van der Waals surface area contributed by atoms with Gasteiger partial charge in [-0.15, -0.1) is 0 Å². The molecule has 1 aromatic heterocycles. The number of carbonyl (C=O) groups is 2. The van der Waals surface area contributed by atoms with E-state index in [1.54, 1.807) is 6.92 Å². The molecule has 25 heavy (non-hydrogen) atoms. The third-order valence-electron chi connectivity index (χ3n) is 3.95. The van der Waals surface area contributed by atoms with Gasteiger partial charge in [0.05, 0.1) is 12.3 Å². The van der Waals surface area contributed by atoms with Crippen molar-refractivity contribution in [2.45, 2.75) is 51.3 Å². The Morgan fingerprint density at radius 1 is 1.48 bits per heavy atom. The van der Waals surface area contributed by atoms with Gasteiger partial charge in [0.15, 0.2) is 5.12 Å². The average molecular weight is 365 g/mol. The van der Waals surface area contributed by atoms with E-state index in [1.165, 1.54) is 17.3 Å². The van der Waals surface area contributed by atoms with Crippen LogP contribution in [0.5, 0.6) is 0 Å². The Kier molecular flexibility index (Phi) is 8.21. The van der Waals surface area contributed by atoms with Gasteiger partial charge in [0.1, 0.15) is 0 Å². The van der Waals surface area contributed by atoms with E-state index in [1.807, 2.05) is 23.9 Å². The number of thioether (sulfide) groups is 1. The van der Waals surface area contributed by atoms with E-state index in [4.69, 9.17) is 4.74 Å². The van der Waals surface area contributed by atoms with E-state index >= 15 is 0 Å². The molecule has 2 heterocycles. The van der Waals surface area contributed by atoms with E-state index in [9.17, 15) is 9.59 Å². The van der Waals surface area contributed by atoms with Crippen molar-refractivity contribution in [3.05, 3.63) is 23.5 Å². The predicted molar refractivity (Wildman–Crippen MR) is 100 cm³/mol. The van der Waals surface area contributed by atoms with Crippen LogP contribution in [0, 0.1) is 0 Å². The molecule has 0 aliphatic carbocycles. The predicted octanol–water partition coefficient (Wildman–Crippen LogP) is 2.64. The van der Waals surface area contributed by atoms with Crippen molar-refractivity contribution in [3.63, 3.8) is 0 Å². The molecule has 1 aromatic rings. The molecule has 2 rings (SSSR count). The lowest BCUT2D eigenvalue weighted by Crippen LogP contribution is -2.32. The summed E-state index contributed by atoms with van der Waals surface area (Å²) in [4.78, 5) is 22.7. The monoisotopic (exact) mass is 365 g/mol. The molecule has 1 aliphatic rings. The molecule has 0 aromatic carbocycles. The third-order valence-corrected chi connectivity index (χ3v) is 5.11. The minimum Gasteiger partial charge on any atom is -0.466 e. The number of ether oxygens (including phenoxy) is 1. The van der Waals surface area contributed by atoms with E-state index in [2.05, 4.69) is 16.5 Å². The van der Waals surface area contributed by atoms with Crippen LogP contribution in [-0.4, -0.2) is 45.8 Å². The first kappa shape index (κ1) is 19.7. The molecule has 1 aliphatic heterocycles. The number of rotatable bonds is 8. The van der Waals surface area contributed by atoms with Gasteiger partial charge in [0.2, 0.25) is 0 Å². The molecule has 1 fully saturated rings. The van der Waals surface area contributed by atoms with Gasteiger partial charge in [0.25, 0.3) is 0 Å². The van der Waals surface area contributed by atoms with Gasteiger partial charge in [-0.1, -0.05) is 11.8 Å². The number of hydrogen-bond acceptors (Lipinski definition) is 6. The number of piperidine rings is 1. The second kappa shape index (κ2) is 10.4. The molecule has 0 spiro atoms. The number of esters is 1. The number of aromatic nitrogens is 2. The number of nitrogens with zero attached hydrogens (tertiary/aromatic N) is 2. The van der Waals surface area contributed by atoms with E-state index < -0.39 is 0 Å². The van der Waals surface area contributed by atoms with Crippen LogP contribution >= 0.6 is 11.8 Å². The fourth-order valence-corrected chi connectivity index (χ4v) is 3.73. The van der Waals surface area contributed by atoms with Crippen molar-refractivity contribution >= 4 is 28.9 Å². The largest absolute Gasteiger partial charge is 0.466 e. The molecule has 7 heteroatoms. The molecule has 0 radical (unpaired) electrons. The summed E-state index contributed by atoms with van der Waals surface area (Å²) in [6.45, 7) is 6.41. The lowest BCUT2D eigenvalue weighted by molar-refractivity contribution is -0.143. The Hall–Kier alpha value is -1.60. The summed E-state index contributed by atoms with van der Waals surface area (Å²) >= 11 is 1.41.